The molecule has 28 heavy (non-hydrogen) atoms. The highest BCUT2D eigenvalue weighted by Gasteiger charge is 2.34. The summed E-state index contributed by atoms with van der Waals surface area (Å²) >= 11 is 0. The van der Waals surface area contributed by atoms with Gasteiger partial charge in [0.05, 0.1) is 0 Å². The van der Waals surface area contributed by atoms with Crippen molar-refractivity contribution in [2.45, 2.75) is 50.6 Å². The third kappa shape index (κ3) is 5.24. The van der Waals surface area contributed by atoms with Gasteiger partial charge in [-0.3, -0.25) is 9.59 Å². The molecule has 0 aliphatic carbocycles. The standard InChI is InChI=1S/C21H38N4O3/c1-22-10-6-18(7-11-22)23(2)21(27)17-4-12-24(13-5-17)19-8-14-25(15-9-19)20(26)16-28-3/h17-19H,4-16H2,1-3H3. The summed E-state index contributed by atoms with van der Waals surface area (Å²) in [7, 11) is 5.74. The van der Waals surface area contributed by atoms with Crippen molar-refractivity contribution in [3.8, 4) is 0 Å². The first-order valence-electron chi connectivity index (χ1n) is 11.0. The van der Waals surface area contributed by atoms with E-state index in [2.05, 4.69) is 16.8 Å². The number of likely N-dealkylation sites (tertiary alicyclic amines) is 3. The van der Waals surface area contributed by atoms with E-state index >= 15 is 0 Å². The lowest BCUT2D eigenvalue weighted by Gasteiger charge is -2.43. The second-order valence-electron chi connectivity index (χ2n) is 8.84. The molecule has 0 aromatic carbocycles. The van der Waals surface area contributed by atoms with E-state index in [1.807, 2.05) is 16.8 Å². The van der Waals surface area contributed by atoms with Crippen LogP contribution in [0.2, 0.25) is 0 Å². The molecule has 7 nitrogen and oxygen atoms in total. The van der Waals surface area contributed by atoms with Crippen LogP contribution >= 0.6 is 0 Å². The SMILES string of the molecule is COCC(=O)N1CCC(N2CCC(C(=O)N(C)C3CCN(C)CC3)CC2)CC1. The molecule has 0 atom stereocenters. The molecule has 3 heterocycles. The first-order chi connectivity index (χ1) is 13.5. The summed E-state index contributed by atoms with van der Waals surface area (Å²) in [5, 5.41) is 0. The number of carbonyl (C=O) groups excluding carboxylic acids is 2. The highest BCUT2D eigenvalue weighted by molar-refractivity contribution is 5.79. The lowest BCUT2D eigenvalue weighted by Crippen LogP contribution is -2.52. The highest BCUT2D eigenvalue weighted by Crippen LogP contribution is 2.26. The van der Waals surface area contributed by atoms with Gasteiger partial charge in [0.2, 0.25) is 11.8 Å². The van der Waals surface area contributed by atoms with Crippen molar-refractivity contribution in [1.29, 1.82) is 0 Å². The van der Waals surface area contributed by atoms with Crippen LogP contribution in [0.15, 0.2) is 0 Å². The van der Waals surface area contributed by atoms with Crippen LogP contribution in [0, 0.1) is 5.92 Å². The molecule has 0 saturated carbocycles. The number of piperidine rings is 3. The van der Waals surface area contributed by atoms with Crippen molar-refractivity contribution in [2.75, 3.05) is 67.1 Å². The molecule has 0 aromatic rings. The molecule has 0 N–H and O–H groups in total. The first kappa shape index (κ1) is 21.5. The van der Waals surface area contributed by atoms with Crippen molar-refractivity contribution in [1.82, 2.24) is 19.6 Å². The van der Waals surface area contributed by atoms with Gasteiger partial charge in [0, 0.05) is 45.2 Å². The maximum atomic E-state index is 13.0. The Kier molecular flexibility index (Phi) is 7.71. The summed E-state index contributed by atoms with van der Waals surface area (Å²) < 4.78 is 4.96. The van der Waals surface area contributed by atoms with E-state index in [1.165, 1.54) is 0 Å². The van der Waals surface area contributed by atoms with Crippen molar-refractivity contribution in [2.24, 2.45) is 5.92 Å². The van der Waals surface area contributed by atoms with Gasteiger partial charge in [0.1, 0.15) is 6.61 Å². The van der Waals surface area contributed by atoms with Gasteiger partial charge in [0.15, 0.2) is 0 Å². The monoisotopic (exact) mass is 394 g/mol. The van der Waals surface area contributed by atoms with E-state index in [1.54, 1.807) is 7.11 Å². The number of hydrogen-bond donors (Lipinski definition) is 0. The molecular formula is C21H38N4O3. The Balaban J connectivity index is 1.41. The second kappa shape index (κ2) is 10.0. The summed E-state index contributed by atoms with van der Waals surface area (Å²) in [6.07, 6.45) is 6.19. The van der Waals surface area contributed by atoms with Crippen LogP contribution in [-0.2, 0) is 14.3 Å². The average molecular weight is 395 g/mol. The molecule has 7 heteroatoms. The Morgan fingerprint density at radius 1 is 0.929 bits per heavy atom. The predicted molar refractivity (Wildman–Crippen MR) is 109 cm³/mol. The Hall–Kier alpha value is -1.18. The fourth-order valence-corrected chi connectivity index (χ4v) is 5.06. The van der Waals surface area contributed by atoms with Crippen LogP contribution in [0.5, 0.6) is 0 Å². The molecule has 0 aromatic heterocycles. The van der Waals surface area contributed by atoms with Gasteiger partial charge in [-0.05, 0) is 71.8 Å². The van der Waals surface area contributed by atoms with Crippen molar-refractivity contribution >= 4 is 11.8 Å². The fraction of sp³-hybridized carbons (Fsp3) is 0.905. The van der Waals surface area contributed by atoms with Gasteiger partial charge in [0.25, 0.3) is 0 Å². The summed E-state index contributed by atoms with van der Waals surface area (Å²) in [6.45, 7) is 6.03. The smallest absolute Gasteiger partial charge is 0.248 e. The van der Waals surface area contributed by atoms with Crippen LogP contribution in [0.1, 0.15) is 38.5 Å². The second-order valence-corrected chi connectivity index (χ2v) is 8.84. The predicted octanol–water partition coefficient (Wildman–Crippen LogP) is 0.888. The lowest BCUT2D eigenvalue weighted by molar-refractivity contribution is -0.140. The van der Waals surface area contributed by atoms with Crippen LogP contribution in [0.4, 0.5) is 0 Å². The van der Waals surface area contributed by atoms with Crippen molar-refractivity contribution < 1.29 is 14.3 Å². The first-order valence-corrected chi connectivity index (χ1v) is 11.0. The lowest BCUT2D eigenvalue weighted by atomic mass is 9.91. The average Bonchev–Trinajstić information content (AvgIpc) is 2.74. The van der Waals surface area contributed by atoms with E-state index in [-0.39, 0.29) is 18.4 Å². The number of methoxy groups -OCH3 is 1. The van der Waals surface area contributed by atoms with Gasteiger partial charge in [-0.2, -0.15) is 0 Å². The molecule has 0 unspecified atom stereocenters. The van der Waals surface area contributed by atoms with Crippen molar-refractivity contribution in [3.63, 3.8) is 0 Å². The molecular weight excluding hydrogens is 356 g/mol. The molecule has 3 saturated heterocycles. The van der Waals surface area contributed by atoms with E-state index < -0.39 is 0 Å². The molecule has 160 valence electrons. The summed E-state index contributed by atoms with van der Waals surface area (Å²) in [5.41, 5.74) is 0. The summed E-state index contributed by atoms with van der Waals surface area (Å²) in [4.78, 5) is 33.8. The minimum Gasteiger partial charge on any atom is -0.375 e. The van der Waals surface area contributed by atoms with Gasteiger partial charge in [-0.25, -0.2) is 0 Å². The van der Waals surface area contributed by atoms with Crippen LogP contribution in [0.25, 0.3) is 0 Å². The zero-order valence-electron chi connectivity index (χ0n) is 17.9. The summed E-state index contributed by atoms with van der Waals surface area (Å²) in [6, 6.07) is 0.963. The van der Waals surface area contributed by atoms with Crippen LogP contribution in [0.3, 0.4) is 0 Å². The van der Waals surface area contributed by atoms with E-state index in [9.17, 15) is 9.59 Å². The number of carbonyl (C=O) groups is 2. The molecule has 3 rings (SSSR count). The maximum absolute atomic E-state index is 13.0. The fourth-order valence-electron chi connectivity index (χ4n) is 5.06. The zero-order valence-corrected chi connectivity index (χ0v) is 17.9. The van der Waals surface area contributed by atoms with Gasteiger partial charge in [-0.1, -0.05) is 0 Å². The number of ether oxygens (including phenoxy) is 1. The number of hydrogen-bond acceptors (Lipinski definition) is 5. The quantitative estimate of drug-likeness (QED) is 0.693. The number of nitrogens with zero attached hydrogens (tertiary/aromatic N) is 4. The third-order valence-electron chi connectivity index (χ3n) is 7.06. The van der Waals surface area contributed by atoms with E-state index in [4.69, 9.17) is 4.74 Å². The Bertz CT molecular complexity index is 520. The van der Waals surface area contributed by atoms with Gasteiger partial charge >= 0.3 is 0 Å². The van der Waals surface area contributed by atoms with Crippen LogP contribution in [-0.4, -0.2) is 111 Å². The minimum atomic E-state index is 0.0993. The zero-order chi connectivity index (χ0) is 20.1. The van der Waals surface area contributed by atoms with Crippen LogP contribution < -0.4 is 0 Å². The highest BCUT2D eigenvalue weighted by atomic mass is 16.5. The molecule has 0 radical (unpaired) electrons. The third-order valence-corrected chi connectivity index (χ3v) is 7.06. The Morgan fingerprint density at radius 2 is 1.54 bits per heavy atom. The van der Waals surface area contributed by atoms with Gasteiger partial charge in [-0.15, -0.1) is 0 Å². The topological polar surface area (TPSA) is 56.3 Å². The molecule has 3 aliphatic rings. The molecule has 0 spiro atoms. The molecule has 2 amide bonds. The molecule has 0 bridgehead atoms. The van der Waals surface area contributed by atoms with Crippen molar-refractivity contribution in [3.05, 3.63) is 0 Å². The minimum absolute atomic E-state index is 0.0993. The largest absolute Gasteiger partial charge is 0.375 e. The summed E-state index contributed by atoms with van der Waals surface area (Å²) in [5.74, 6) is 0.639. The van der Waals surface area contributed by atoms with E-state index in [0.717, 1.165) is 77.8 Å². The Labute approximate surface area is 169 Å². The number of rotatable bonds is 5. The van der Waals surface area contributed by atoms with Gasteiger partial charge < -0.3 is 24.3 Å². The number of amides is 2. The Morgan fingerprint density at radius 3 is 2.11 bits per heavy atom. The maximum Gasteiger partial charge on any atom is 0.248 e. The molecule has 3 fully saturated rings. The normalized spacial score (nSPS) is 24.5. The van der Waals surface area contributed by atoms with E-state index in [0.29, 0.717) is 18.0 Å². The molecule has 3 aliphatic heterocycles.